The van der Waals surface area contributed by atoms with E-state index in [1.807, 2.05) is 31.2 Å². The number of aliphatic hydroxyl groups excluding tert-OH is 5. The molecule has 2 aliphatic rings. The van der Waals surface area contributed by atoms with Crippen molar-refractivity contribution in [3.05, 3.63) is 35.4 Å². The molecule has 0 saturated carbocycles. The highest BCUT2D eigenvalue weighted by Gasteiger charge is 2.51. The molecular weight excluding hydrogens is 396 g/mol. The summed E-state index contributed by atoms with van der Waals surface area (Å²) in [5.41, 5.74) is 1.84. The second-order valence-corrected chi connectivity index (χ2v) is 9.25. The summed E-state index contributed by atoms with van der Waals surface area (Å²) in [5, 5.41) is 49.6. The number of aryl methyl sites for hydroxylation is 1. The highest BCUT2D eigenvalue weighted by atomic mass is 35.5. The van der Waals surface area contributed by atoms with Gasteiger partial charge in [0.25, 0.3) is 0 Å². The minimum atomic E-state index is -0.990. The number of rotatable bonds is 5. The van der Waals surface area contributed by atoms with E-state index >= 15 is 0 Å². The molecule has 5 N–H and O–H groups in total. The predicted molar refractivity (Wildman–Crippen MR) is 96.7 cm³/mol. The maximum Gasteiger partial charge on any atom is 0.184 e. The third kappa shape index (κ3) is 4.95. The monoisotopic (exact) mass is 422 g/mol. The minimum Gasteiger partial charge on any atom is -1.00 e. The molecule has 2 fully saturated rings. The molecule has 2 aliphatic heterocycles. The van der Waals surface area contributed by atoms with Gasteiger partial charge in [-0.3, -0.25) is 0 Å². The fraction of sp³-hybridized carbons (Fsp3) is 0.667. The quantitative estimate of drug-likeness (QED) is 0.306. The summed E-state index contributed by atoms with van der Waals surface area (Å²) in [6.45, 7) is 1.73. The zero-order valence-corrected chi connectivity index (χ0v) is 16.6. The smallest absolute Gasteiger partial charge is 0.184 e. The Morgan fingerprint density at radius 3 is 2.56 bits per heavy atom. The van der Waals surface area contributed by atoms with Crippen LogP contribution < -0.4 is 12.4 Å². The van der Waals surface area contributed by atoms with Gasteiger partial charge in [-0.1, -0.05) is 24.3 Å². The summed E-state index contributed by atoms with van der Waals surface area (Å²) in [6, 6.07) is 7.61. The van der Waals surface area contributed by atoms with Gasteiger partial charge in [-0.15, -0.1) is 0 Å². The summed E-state index contributed by atoms with van der Waals surface area (Å²) in [5.74, 6) is 0.561. The zero-order chi connectivity index (χ0) is 18.8. The van der Waals surface area contributed by atoms with Gasteiger partial charge in [-0.05, 0) is 12.5 Å². The Bertz CT molecular complexity index is 607. The molecule has 3 rings (SSSR count). The molecule has 0 aliphatic carbocycles. The van der Waals surface area contributed by atoms with Gasteiger partial charge in [0.2, 0.25) is 0 Å². The van der Waals surface area contributed by atoms with Crippen LogP contribution in [0.3, 0.4) is 0 Å². The van der Waals surface area contributed by atoms with Gasteiger partial charge in [-0.2, -0.15) is 0 Å². The lowest BCUT2D eigenvalue weighted by Gasteiger charge is -2.36. The predicted octanol–water partition coefficient (Wildman–Crippen LogP) is -4.15. The number of aliphatic hydroxyl groups is 5. The Morgan fingerprint density at radius 2 is 1.89 bits per heavy atom. The molecule has 2 saturated heterocycles. The molecule has 0 aromatic heterocycles. The number of ether oxygens (including phenoxy) is 2. The Balaban J connectivity index is 0.00000261. The van der Waals surface area contributed by atoms with Crippen molar-refractivity contribution in [3.8, 4) is 0 Å². The SMILES string of the molecule is Cc1ccccc1C1OC[C@@H](O)[C@@H]([C@H](O)C[S+]2C[C@@H](O)[C@H](O)[C@H]2CO)O1.[Cl-]. The topological polar surface area (TPSA) is 120 Å². The zero-order valence-electron chi connectivity index (χ0n) is 15.0. The van der Waals surface area contributed by atoms with Crippen LogP contribution in [-0.2, 0) is 20.4 Å². The highest BCUT2D eigenvalue weighted by molar-refractivity contribution is 7.97. The molecule has 8 atom stereocenters. The molecule has 7 nitrogen and oxygen atoms in total. The third-order valence-electron chi connectivity index (χ3n) is 5.05. The molecular formula is C18H27ClO7S. The van der Waals surface area contributed by atoms with E-state index in [9.17, 15) is 25.5 Å². The number of benzene rings is 1. The first kappa shape index (κ1) is 22.9. The Morgan fingerprint density at radius 1 is 1.19 bits per heavy atom. The summed E-state index contributed by atoms with van der Waals surface area (Å²) in [4.78, 5) is 0. The average molecular weight is 423 g/mol. The maximum atomic E-state index is 10.6. The van der Waals surface area contributed by atoms with Crippen LogP contribution in [0.5, 0.6) is 0 Å². The van der Waals surface area contributed by atoms with E-state index < -0.39 is 53.0 Å². The Labute approximate surface area is 167 Å². The molecule has 0 radical (unpaired) electrons. The average Bonchev–Trinajstić information content (AvgIpc) is 2.89. The van der Waals surface area contributed by atoms with E-state index in [2.05, 4.69) is 0 Å². The lowest BCUT2D eigenvalue weighted by atomic mass is 10.1. The number of hydrogen-bond donors (Lipinski definition) is 5. The summed E-state index contributed by atoms with van der Waals surface area (Å²) >= 11 is 0. The van der Waals surface area contributed by atoms with Crippen LogP contribution in [0.2, 0.25) is 0 Å². The van der Waals surface area contributed by atoms with Crippen LogP contribution in [0, 0.1) is 6.92 Å². The molecule has 1 aromatic rings. The minimum absolute atomic E-state index is 0. The Kier molecular flexibility index (Phi) is 8.35. The normalized spacial score (nSPS) is 37.6. The fourth-order valence-corrected chi connectivity index (χ4v) is 6.20. The van der Waals surface area contributed by atoms with Crippen molar-refractivity contribution in [2.75, 3.05) is 24.7 Å². The number of hydrogen-bond acceptors (Lipinski definition) is 7. The van der Waals surface area contributed by atoms with Gasteiger partial charge in [0.05, 0.1) is 13.2 Å². The molecule has 0 spiro atoms. The molecule has 1 aromatic carbocycles. The summed E-state index contributed by atoms with van der Waals surface area (Å²) in [7, 11) is -0.564. The van der Waals surface area contributed by atoms with Crippen LogP contribution >= 0.6 is 0 Å². The van der Waals surface area contributed by atoms with E-state index in [1.165, 1.54) is 0 Å². The summed E-state index contributed by atoms with van der Waals surface area (Å²) < 4.78 is 11.4. The van der Waals surface area contributed by atoms with Crippen LogP contribution in [0.4, 0.5) is 0 Å². The lowest BCUT2D eigenvalue weighted by Crippen LogP contribution is -3.00. The molecule has 0 bridgehead atoms. The van der Waals surface area contributed by atoms with E-state index in [0.29, 0.717) is 5.75 Å². The standard InChI is InChI=1S/C18H27O7S.ClH/c1-10-4-2-3-5-11(10)18-24-7-12(20)17(25-18)14(22)9-26-8-13(21)16(23)15(26)6-19;/h2-5,12-23H,6-9H2,1H3;1H/q+1;/p-1/t12-,13-,14-,15-,16+,17+,18?,26?;/m1./s1. The van der Waals surface area contributed by atoms with E-state index in [-0.39, 0.29) is 31.4 Å². The van der Waals surface area contributed by atoms with Crippen molar-refractivity contribution in [2.24, 2.45) is 0 Å². The van der Waals surface area contributed by atoms with Crippen molar-refractivity contribution in [1.29, 1.82) is 0 Å². The van der Waals surface area contributed by atoms with Crippen molar-refractivity contribution < 1.29 is 47.4 Å². The van der Waals surface area contributed by atoms with Crippen molar-refractivity contribution in [1.82, 2.24) is 0 Å². The Hall–Kier alpha value is -0.420. The molecule has 27 heavy (non-hydrogen) atoms. The maximum absolute atomic E-state index is 10.6. The van der Waals surface area contributed by atoms with Crippen LogP contribution in [-0.4, -0.2) is 86.0 Å². The van der Waals surface area contributed by atoms with Crippen molar-refractivity contribution >= 4 is 10.9 Å². The number of halogens is 1. The fourth-order valence-electron chi connectivity index (χ4n) is 3.52. The molecule has 2 heterocycles. The molecule has 0 amide bonds. The van der Waals surface area contributed by atoms with Gasteiger partial charge in [0.1, 0.15) is 42.0 Å². The largest absolute Gasteiger partial charge is 1.00 e. The third-order valence-corrected chi connectivity index (χ3v) is 7.88. The van der Waals surface area contributed by atoms with E-state index in [4.69, 9.17) is 9.47 Å². The van der Waals surface area contributed by atoms with Crippen LogP contribution in [0.25, 0.3) is 0 Å². The van der Waals surface area contributed by atoms with Gasteiger partial charge >= 0.3 is 0 Å². The molecule has 2 unspecified atom stereocenters. The first-order valence-corrected chi connectivity index (χ1v) is 10.4. The van der Waals surface area contributed by atoms with Gasteiger partial charge < -0.3 is 47.4 Å². The highest BCUT2D eigenvalue weighted by Crippen LogP contribution is 2.31. The van der Waals surface area contributed by atoms with E-state index in [0.717, 1.165) is 11.1 Å². The van der Waals surface area contributed by atoms with Crippen molar-refractivity contribution in [2.45, 2.75) is 49.0 Å². The van der Waals surface area contributed by atoms with Crippen LogP contribution in [0.1, 0.15) is 17.4 Å². The van der Waals surface area contributed by atoms with Crippen LogP contribution in [0.15, 0.2) is 24.3 Å². The van der Waals surface area contributed by atoms with E-state index in [1.54, 1.807) is 0 Å². The molecule has 154 valence electrons. The van der Waals surface area contributed by atoms with Gasteiger partial charge in [-0.25, -0.2) is 0 Å². The van der Waals surface area contributed by atoms with Gasteiger partial charge in [0, 0.05) is 16.5 Å². The molecule has 9 heteroatoms. The van der Waals surface area contributed by atoms with Gasteiger partial charge in [0.15, 0.2) is 11.5 Å². The lowest BCUT2D eigenvalue weighted by molar-refractivity contribution is -0.273. The second-order valence-electron chi connectivity index (χ2n) is 6.91. The second kappa shape index (κ2) is 9.87. The summed E-state index contributed by atoms with van der Waals surface area (Å²) in [6.07, 6.45) is -5.36. The first-order valence-electron chi connectivity index (χ1n) is 8.74. The van der Waals surface area contributed by atoms with Crippen molar-refractivity contribution in [3.63, 3.8) is 0 Å². The first-order chi connectivity index (χ1) is 12.4.